The molecule has 1 aliphatic heterocycles. The Morgan fingerprint density at radius 2 is 2.20 bits per heavy atom. The highest BCUT2D eigenvalue weighted by Gasteiger charge is 2.17. The van der Waals surface area contributed by atoms with Gasteiger partial charge in [0.05, 0.1) is 6.10 Å². The largest absolute Gasteiger partial charge is 0.390 e. The van der Waals surface area contributed by atoms with Crippen LogP contribution in [-0.2, 0) is 6.54 Å². The van der Waals surface area contributed by atoms with Gasteiger partial charge in [0.1, 0.15) is 5.15 Å². The van der Waals surface area contributed by atoms with Crippen molar-refractivity contribution < 1.29 is 5.11 Å². The minimum Gasteiger partial charge on any atom is -0.390 e. The SMILES string of the molecule is CC1CCN(CC(O)CNCc2ccc(Cl)nc2)CC1. The molecule has 0 bridgehead atoms. The van der Waals surface area contributed by atoms with Gasteiger partial charge in [-0.2, -0.15) is 0 Å². The molecule has 20 heavy (non-hydrogen) atoms. The van der Waals surface area contributed by atoms with Crippen molar-refractivity contribution in [1.82, 2.24) is 15.2 Å². The first-order valence-corrected chi connectivity index (χ1v) is 7.73. The number of hydrogen-bond acceptors (Lipinski definition) is 4. The molecule has 0 aromatic carbocycles. The topological polar surface area (TPSA) is 48.4 Å². The molecule has 1 saturated heterocycles. The van der Waals surface area contributed by atoms with Crippen molar-refractivity contribution in [2.45, 2.75) is 32.4 Å². The quantitative estimate of drug-likeness (QED) is 0.788. The third kappa shape index (κ3) is 5.37. The van der Waals surface area contributed by atoms with Gasteiger partial charge in [0, 0.05) is 25.8 Å². The predicted molar refractivity (Wildman–Crippen MR) is 81.8 cm³/mol. The van der Waals surface area contributed by atoms with Gasteiger partial charge < -0.3 is 15.3 Å². The lowest BCUT2D eigenvalue weighted by molar-refractivity contribution is 0.0907. The number of nitrogens with zero attached hydrogens (tertiary/aromatic N) is 2. The van der Waals surface area contributed by atoms with Gasteiger partial charge in [-0.1, -0.05) is 24.6 Å². The van der Waals surface area contributed by atoms with E-state index in [4.69, 9.17) is 11.6 Å². The zero-order valence-electron chi connectivity index (χ0n) is 12.1. The number of aromatic nitrogens is 1. The molecule has 0 aliphatic carbocycles. The van der Waals surface area contributed by atoms with Crippen LogP contribution in [0.2, 0.25) is 5.15 Å². The number of aliphatic hydroxyl groups is 1. The fourth-order valence-electron chi connectivity index (χ4n) is 2.50. The van der Waals surface area contributed by atoms with Crippen LogP contribution in [0.1, 0.15) is 25.3 Å². The highest BCUT2D eigenvalue weighted by Crippen LogP contribution is 2.15. The van der Waals surface area contributed by atoms with Crippen LogP contribution in [0.15, 0.2) is 18.3 Å². The lowest BCUT2D eigenvalue weighted by atomic mass is 9.99. The number of likely N-dealkylation sites (tertiary alicyclic amines) is 1. The molecule has 1 aromatic rings. The summed E-state index contributed by atoms with van der Waals surface area (Å²) in [6, 6.07) is 3.73. The summed E-state index contributed by atoms with van der Waals surface area (Å²) in [6.45, 7) is 6.60. The molecule has 1 aliphatic rings. The van der Waals surface area contributed by atoms with Crippen molar-refractivity contribution in [3.63, 3.8) is 0 Å². The fourth-order valence-corrected chi connectivity index (χ4v) is 2.61. The Hall–Kier alpha value is -0.680. The van der Waals surface area contributed by atoms with E-state index in [2.05, 4.69) is 22.1 Å². The lowest BCUT2D eigenvalue weighted by Crippen LogP contribution is -2.41. The first kappa shape index (κ1) is 15.7. The molecular formula is C15H24ClN3O. The number of piperidine rings is 1. The molecule has 2 heterocycles. The molecule has 1 aromatic heterocycles. The van der Waals surface area contributed by atoms with E-state index in [1.54, 1.807) is 12.3 Å². The van der Waals surface area contributed by atoms with E-state index in [-0.39, 0.29) is 6.10 Å². The molecule has 2 N–H and O–H groups in total. The Balaban J connectivity index is 1.62. The molecule has 0 radical (unpaired) electrons. The third-order valence-electron chi connectivity index (χ3n) is 3.84. The van der Waals surface area contributed by atoms with E-state index >= 15 is 0 Å². The van der Waals surface area contributed by atoms with Crippen LogP contribution in [0.4, 0.5) is 0 Å². The number of nitrogens with one attached hydrogen (secondary N) is 1. The summed E-state index contributed by atoms with van der Waals surface area (Å²) >= 11 is 5.74. The predicted octanol–water partition coefficient (Wildman–Crippen LogP) is 1.92. The van der Waals surface area contributed by atoms with Crippen LogP contribution < -0.4 is 5.32 Å². The molecule has 1 unspecified atom stereocenters. The van der Waals surface area contributed by atoms with Crippen molar-refractivity contribution in [3.05, 3.63) is 29.0 Å². The summed E-state index contributed by atoms with van der Waals surface area (Å²) < 4.78 is 0. The number of hydrogen-bond donors (Lipinski definition) is 2. The van der Waals surface area contributed by atoms with E-state index in [1.807, 2.05) is 6.07 Å². The monoisotopic (exact) mass is 297 g/mol. The standard InChI is InChI=1S/C15H24ClN3O/c1-12-4-6-19(7-5-12)11-14(20)10-17-8-13-2-3-15(16)18-9-13/h2-3,9,12,14,17,20H,4-8,10-11H2,1H3. The summed E-state index contributed by atoms with van der Waals surface area (Å²) in [5, 5.41) is 13.8. The van der Waals surface area contributed by atoms with E-state index in [1.165, 1.54) is 12.8 Å². The van der Waals surface area contributed by atoms with E-state index in [9.17, 15) is 5.11 Å². The summed E-state index contributed by atoms with van der Waals surface area (Å²) in [4.78, 5) is 6.39. The van der Waals surface area contributed by atoms with Crippen molar-refractivity contribution >= 4 is 11.6 Å². The van der Waals surface area contributed by atoms with Gasteiger partial charge in [-0.3, -0.25) is 0 Å². The Bertz CT molecular complexity index is 391. The molecule has 5 heteroatoms. The second-order valence-corrected chi connectivity index (χ2v) is 6.14. The Kier molecular flexibility index (Phi) is 6.23. The maximum Gasteiger partial charge on any atom is 0.129 e. The van der Waals surface area contributed by atoms with Gasteiger partial charge in [-0.15, -0.1) is 0 Å². The van der Waals surface area contributed by atoms with Crippen molar-refractivity contribution in [2.75, 3.05) is 26.2 Å². The molecule has 112 valence electrons. The minimum absolute atomic E-state index is 0.316. The van der Waals surface area contributed by atoms with Gasteiger partial charge in [0.25, 0.3) is 0 Å². The summed E-state index contributed by atoms with van der Waals surface area (Å²) in [6.07, 6.45) is 3.93. The average Bonchev–Trinajstić information content (AvgIpc) is 2.44. The Labute approximate surface area is 126 Å². The van der Waals surface area contributed by atoms with Gasteiger partial charge in [-0.25, -0.2) is 4.98 Å². The van der Waals surface area contributed by atoms with E-state index < -0.39 is 0 Å². The highest BCUT2D eigenvalue weighted by molar-refractivity contribution is 6.29. The molecule has 1 atom stereocenters. The molecule has 4 nitrogen and oxygen atoms in total. The summed E-state index contributed by atoms with van der Waals surface area (Å²) in [7, 11) is 0. The Morgan fingerprint density at radius 1 is 1.45 bits per heavy atom. The average molecular weight is 298 g/mol. The van der Waals surface area contributed by atoms with Crippen LogP contribution in [-0.4, -0.2) is 47.3 Å². The van der Waals surface area contributed by atoms with Gasteiger partial charge >= 0.3 is 0 Å². The van der Waals surface area contributed by atoms with Crippen LogP contribution >= 0.6 is 11.6 Å². The third-order valence-corrected chi connectivity index (χ3v) is 4.07. The van der Waals surface area contributed by atoms with Crippen molar-refractivity contribution in [2.24, 2.45) is 5.92 Å². The zero-order chi connectivity index (χ0) is 14.4. The number of β-amino-alcohol motifs (C(OH)–C–C–N with tert-alkyl or cyclic N) is 1. The first-order valence-electron chi connectivity index (χ1n) is 7.35. The highest BCUT2D eigenvalue weighted by atomic mass is 35.5. The van der Waals surface area contributed by atoms with Crippen molar-refractivity contribution in [1.29, 1.82) is 0 Å². The van der Waals surface area contributed by atoms with Gasteiger partial charge in [0.15, 0.2) is 0 Å². The maximum atomic E-state index is 10.0. The van der Waals surface area contributed by atoms with Crippen molar-refractivity contribution in [3.8, 4) is 0 Å². The van der Waals surface area contributed by atoms with Crippen LogP contribution in [0.3, 0.4) is 0 Å². The van der Waals surface area contributed by atoms with Crippen LogP contribution in [0, 0.1) is 5.92 Å². The second-order valence-electron chi connectivity index (χ2n) is 5.76. The smallest absolute Gasteiger partial charge is 0.129 e. The minimum atomic E-state index is -0.316. The molecular weight excluding hydrogens is 274 g/mol. The summed E-state index contributed by atoms with van der Waals surface area (Å²) in [5.41, 5.74) is 1.08. The van der Waals surface area contributed by atoms with Crippen LogP contribution in [0.25, 0.3) is 0 Å². The molecule has 0 amide bonds. The second kappa shape index (κ2) is 7.93. The molecule has 1 fully saturated rings. The number of pyridine rings is 1. The normalized spacial score (nSPS) is 19.1. The number of rotatable bonds is 6. The number of halogens is 1. The maximum absolute atomic E-state index is 10.0. The van der Waals surface area contributed by atoms with E-state index in [0.29, 0.717) is 18.2 Å². The van der Waals surface area contributed by atoms with Gasteiger partial charge in [-0.05, 0) is 43.5 Å². The lowest BCUT2D eigenvalue weighted by Gasteiger charge is -2.31. The fraction of sp³-hybridized carbons (Fsp3) is 0.667. The number of aliphatic hydroxyl groups excluding tert-OH is 1. The van der Waals surface area contributed by atoms with Gasteiger partial charge in [0.2, 0.25) is 0 Å². The molecule has 0 saturated carbocycles. The Morgan fingerprint density at radius 3 is 2.85 bits per heavy atom. The first-order chi connectivity index (χ1) is 9.63. The van der Waals surface area contributed by atoms with Crippen LogP contribution in [0.5, 0.6) is 0 Å². The summed E-state index contributed by atoms with van der Waals surface area (Å²) in [5.74, 6) is 0.832. The molecule has 0 spiro atoms. The molecule has 2 rings (SSSR count). The van der Waals surface area contributed by atoms with E-state index in [0.717, 1.165) is 31.1 Å². The zero-order valence-corrected chi connectivity index (χ0v) is 12.8.